The van der Waals surface area contributed by atoms with Crippen molar-refractivity contribution in [3.8, 4) is 78.6 Å². The van der Waals surface area contributed by atoms with Crippen LogP contribution in [-0.2, 0) is 11.8 Å². The van der Waals surface area contributed by atoms with E-state index in [1.54, 1.807) is 0 Å². The number of hydrogen-bond donors (Lipinski definition) is 1. The molecule has 0 atom stereocenters. The van der Waals surface area contributed by atoms with Crippen LogP contribution in [0.3, 0.4) is 0 Å². The largest absolute Gasteiger partial charge is 0.507 e. The maximum absolute atomic E-state index is 12.7. The zero-order valence-electron chi connectivity index (χ0n) is 43.2. The average Bonchev–Trinajstić information content (AvgIpc) is 3.78. The summed E-state index contributed by atoms with van der Waals surface area (Å²) in [5.41, 5.74) is 21.2. The molecule has 0 aliphatic heterocycles. The minimum absolute atomic E-state index is 0.174. The monoisotopic (exact) mass is 940 g/mol. The number of aromatic nitrogens is 3. The molecule has 2 aromatic heterocycles. The van der Waals surface area contributed by atoms with Crippen molar-refractivity contribution in [3.63, 3.8) is 0 Å². The van der Waals surface area contributed by atoms with E-state index in [1.807, 2.05) is 0 Å². The predicted octanol–water partition coefficient (Wildman–Crippen LogP) is 18.4. The first-order valence-corrected chi connectivity index (χ1v) is 25.7. The molecule has 1 N–H and O–H groups in total. The van der Waals surface area contributed by atoms with Gasteiger partial charge >= 0.3 is 0 Å². The fraction of sp³-hybridized carbons (Fsp3) is 0.206. The van der Waals surface area contributed by atoms with E-state index in [9.17, 15) is 5.11 Å². The second kappa shape index (κ2) is 19.8. The van der Waals surface area contributed by atoms with E-state index in [2.05, 4.69) is 261 Å². The smallest absolute Gasteiger partial charge is 0.149 e. The first-order valence-electron chi connectivity index (χ1n) is 25.7. The van der Waals surface area contributed by atoms with Crippen LogP contribution in [0, 0.1) is 0 Å². The van der Waals surface area contributed by atoms with Gasteiger partial charge in [-0.05, 0) is 139 Å². The third-order valence-electron chi connectivity index (χ3n) is 14.2. The Morgan fingerprint density at radius 3 is 1.60 bits per heavy atom. The van der Waals surface area contributed by atoms with E-state index < -0.39 is 0 Å². The number of benzene rings is 8. The molecule has 4 nitrogen and oxygen atoms in total. The van der Waals surface area contributed by atoms with Crippen molar-refractivity contribution in [1.82, 2.24) is 14.5 Å². The summed E-state index contributed by atoms with van der Waals surface area (Å²) in [6.07, 6.45) is 2.83. The maximum Gasteiger partial charge on any atom is 0.149 e. The van der Waals surface area contributed by atoms with Gasteiger partial charge in [0.15, 0.2) is 0 Å². The average molecular weight is 940 g/mol. The van der Waals surface area contributed by atoms with Crippen molar-refractivity contribution in [3.05, 3.63) is 228 Å². The molecule has 0 fully saturated rings. The van der Waals surface area contributed by atoms with Crippen LogP contribution in [-0.4, -0.2) is 19.6 Å². The maximum atomic E-state index is 12.7. The lowest BCUT2D eigenvalue weighted by atomic mass is 9.82. The molecular formula is C68H65N3O. The molecule has 0 amide bonds. The van der Waals surface area contributed by atoms with Crippen LogP contribution >= 0.6 is 0 Å². The fourth-order valence-electron chi connectivity index (χ4n) is 10.3. The van der Waals surface area contributed by atoms with E-state index >= 15 is 0 Å². The Hall–Kier alpha value is -7.82. The number of phenolic OH excluding ortho intramolecular Hbond substituents is 1. The highest BCUT2D eigenvalue weighted by Crippen LogP contribution is 2.47. The van der Waals surface area contributed by atoms with E-state index in [1.165, 1.54) is 33.4 Å². The minimum Gasteiger partial charge on any atom is -0.507 e. The van der Waals surface area contributed by atoms with Gasteiger partial charge in [0.2, 0.25) is 0 Å². The van der Waals surface area contributed by atoms with E-state index in [0.717, 1.165) is 90.3 Å². The van der Waals surface area contributed by atoms with Gasteiger partial charge in [0.1, 0.15) is 11.6 Å². The number of imidazole rings is 1. The summed E-state index contributed by atoms with van der Waals surface area (Å²) in [7, 11) is 0. The van der Waals surface area contributed by atoms with Crippen LogP contribution < -0.4 is 0 Å². The highest BCUT2D eigenvalue weighted by Gasteiger charge is 2.29. The van der Waals surface area contributed by atoms with Crippen LogP contribution in [0.15, 0.2) is 194 Å². The summed E-state index contributed by atoms with van der Waals surface area (Å²) in [5.74, 6) is 1.57. The van der Waals surface area contributed by atoms with Gasteiger partial charge in [-0.25, -0.2) is 4.98 Å². The molecule has 8 aromatic carbocycles. The number of aromatic hydroxyl groups is 1. The molecule has 0 spiro atoms. The zero-order chi connectivity index (χ0) is 50.3. The predicted molar refractivity (Wildman–Crippen MR) is 303 cm³/mol. The Labute approximate surface area is 426 Å². The first kappa shape index (κ1) is 47.8. The van der Waals surface area contributed by atoms with Gasteiger partial charge in [0.05, 0.1) is 28.0 Å². The molecule has 10 rings (SSSR count). The topological polar surface area (TPSA) is 50.9 Å². The molecule has 0 aliphatic rings. The van der Waals surface area contributed by atoms with Gasteiger partial charge in [-0.1, -0.05) is 202 Å². The number of pyridine rings is 1. The van der Waals surface area contributed by atoms with Crippen LogP contribution in [0.1, 0.15) is 113 Å². The lowest BCUT2D eigenvalue weighted by Crippen LogP contribution is -2.14. The summed E-state index contributed by atoms with van der Waals surface area (Å²) in [5, 5.41) is 12.7. The molecular weight excluding hydrogens is 875 g/mol. The highest BCUT2D eigenvalue weighted by atomic mass is 16.3. The molecule has 2 heterocycles. The fourth-order valence-corrected chi connectivity index (χ4v) is 10.3. The Bertz CT molecular complexity index is 3520. The molecule has 0 bridgehead atoms. The Kier molecular flexibility index (Phi) is 13.1. The molecule has 0 saturated carbocycles. The van der Waals surface area contributed by atoms with Crippen molar-refractivity contribution in [2.75, 3.05) is 0 Å². The molecule has 72 heavy (non-hydrogen) atoms. The second-order valence-electron chi connectivity index (χ2n) is 21.4. The van der Waals surface area contributed by atoms with Gasteiger partial charge in [-0.3, -0.25) is 9.55 Å². The second-order valence-corrected chi connectivity index (χ2v) is 21.4. The Balaban J connectivity index is 1.27. The SMILES string of the molecule is CC(C)c1cc(-c2nc3c(-c4cc(-c5ccccc5)cc(-c5cc(Cc6ccccc6)c(-c6ccccc6)cn5)c4)cccc3n2-c2c(C(C)C)cc(-c3ccccc3)cc2C(C)C)c(O)c(C(C)(C)C)c1. The van der Waals surface area contributed by atoms with Crippen molar-refractivity contribution < 1.29 is 5.11 Å². The van der Waals surface area contributed by atoms with E-state index in [-0.39, 0.29) is 28.9 Å². The van der Waals surface area contributed by atoms with Crippen molar-refractivity contribution >= 4 is 11.0 Å². The highest BCUT2D eigenvalue weighted by molar-refractivity contribution is 5.98. The van der Waals surface area contributed by atoms with Crippen molar-refractivity contribution in [2.24, 2.45) is 0 Å². The number of phenols is 1. The summed E-state index contributed by atoms with van der Waals surface area (Å²) in [4.78, 5) is 11.1. The van der Waals surface area contributed by atoms with Gasteiger partial charge in [-0.2, -0.15) is 0 Å². The Morgan fingerprint density at radius 2 is 1.03 bits per heavy atom. The van der Waals surface area contributed by atoms with Crippen molar-refractivity contribution in [2.45, 2.75) is 91.9 Å². The van der Waals surface area contributed by atoms with Gasteiger partial charge in [0.25, 0.3) is 0 Å². The lowest BCUT2D eigenvalue weighted by Gasteiger charge is -2.26. The zero-order valence-corrected chi connectivity index (χ0v) is 43.2. The van der Waals surface area contributed by atoms with E-state index in [4.69, 9.17) is 9.97 Å². The third-order valence-corrected chi connectivity index (χ3v) is 14.2. The number of rotatable bonds is 12. The number of nitrogens with zero attached hydrogens (tertiary/aromatic N) is 3. The lowest BCUT2D eigenvalue weighted by molar-refractivity contribution is 0.447. The summed E-state index contributed by atoms with van der Waals surface area (Å²) in [6, 6.07) is 67.5. The molecule has 10 aromatic rings. The quantitative estimate of drug-likeness (QED) is 0.133. The summed E-state index contributed by atoms with van der Waals surface area (Å²) >= 11 is 0. The third kappa shape index (κ3) is 9.42. The van der Waals surface area contributed by atoms with Crippen LogP contribution in [0.5, 0.6) is 5.75 Å². The molecule has 0 radical (unpaired) electrons. The number of fused-ring (bicyclic) bond motifs is 1. The van der Waals surface area contributed by atoms with Gasteiger partial charge in [-0.15, -0.1) is 0 Å². The van der Waals surface area contributed by atoms with Crippen LogP contribution in [0.2, 0.25) is 0 Å². The summed E-state index contributed by atoms with van der Waals surface area (Å²) < 4.78 is 2.38. The van der Waals surface area contributed by atoms with Crippen LogP contribution in [0.25, 0.3) is 83.9 Å². The molecule has 4 heteroatoms. The van der Waals surface area contributed by atoms with Crippen molar-refractivity contribution in [1.29, 1.82) is 0 Å². The molecule has 0 aliphatic carbocycles. The first-order chi connectivity index (χ1) is 34.7. The van der Waals surface area contributed by atoms with Gasteiger partial charge in [0, 0.05) is 28.5 Å². The minimum atomic E-state index is -0.322. The molecule has 358 valence electrons. The standard InChI is InChI=1S/C68H65N3O/c1-43(2)50-37-59(66(72)61(40-50)68(7,8)9)67-70-64-56(31-22-32-63(64)71(67)65-57(44(3)4)38-52(39-58(65)45(5)6)48-27-18-12-19-28-48)54-34-51(47-25-16-11-17-26-47)35-55(36-54)62-41-53(33-46-23-14-10-15-24-46)60(42-69-62)49-29-20-13-21-30-49/h10-32,34-45,72H,33H2,1-9H3. The number of hydrogen-bond acceptors (Lipinski definition) is 3. The Morgan fingerprint density at radius 1 is 0.486 bits per heavy atom. The normalized spacial score (nSPS) is 11.9. The van der Waals surface area contributed by atoms with Crippen LogP contribution in [0.4, 0.5) is 0 Å². The molecule has 0 saturated heterocycles. The number of para-hydroxylation sites is 1. The van der Waals surface area contributed by atoms with E-state index in [0.29, 0.717) is 0 Å². The summed E-state index contributed by atoms with van der Waals surface area (Å²) in [6.45, 7) is 20.2. The van der Waals surface area contributed by atoms with Gasteiger partial charge < -0.3 is 5.11 Å². The molecule has 0 unspecified atom stereocenters.